The molecular weight excluding hydrogens is 264 g/mol. The van der Waals surface area contributed by atoms with Gasteiger partial charge in [-0.1, -0.05) is 0 Å². The van der Waals surface area contributed by atoms with Crippen molar-refractivity contribution < 1.29 is 14.2 Å². The van der Waals surface area contributed by atoms with Gasteiger partial charge in [0.05, 0.1) is 6.61 Å². The summed E-state index contributed by atoms with van der Waals surface area (Å²) in [5.41, 5.74) is 2.41. The maximum absolute atomic E-state index is 5.39. The van der Waals surface area contributed by atoms with E-state index in [2.05, 4.69) is 20.4 Å². The maximum atomic E-state index is 5.39. The van der Waals surface area contributed by atoms with Crippen molar-refractivity contribution >= 4 is 11.9 Å². The summed E-state index contributed by atoms with van der Waals surface area (Å²) in [6.45, 7) is 3.59. The number of nitrogen functional groups attached to an aromatic ring is 1. The van der Waals surface area contributed by atoms with Crippen molar-refractivity contribution in [2.45, 2.75) is 19.1 Å². The third-order valence-corrected chi connectivity index (χ3v) is 3.11. The first-order valence-corrected chi connectivity index (χ1v) is 6.37. The van der Waals surface area contributed by atoms with Gasteiger partial charge in [0, 0.05) is 27.3 Å². The highest BCUT2D eigenvalue weighted by molar-refractivity contribution is 5.39. The summed E-state index contributed by atoms with van der Waals surface area (Å²) < 4.78 is 16.1. The van der Waals surface area contributed by atoms with E-state index in [1.807, 2.05) is 11.8 Å². The van der Waals surface area contributed by atoms with Gasteiger partial charge in [0.25, 0.3) is 0 Å². The molecule has 9 nitrogen and oxygen atoms in total. The molecule has 3 N–H and O–H groups in total. The third kappa shape index (κ3) is 3.06. The van der Waals surface area contributed by atoms with Crippen LogP contribution in [-0.4, -0.2) is 61.1 Å². The van der Waals surface area contributed by atoms with E-state index in [9.17, 15) is 0 Å². The number of nitrogens with one attached hydrogen (secondary N) is 1. The topological polar surface area (TPSA) is 108 Å². The molecule has 0 spiro atoms. The fourth-order valence-corrected chi connectivity index (χ4v) is 2.11. The number of aromatic nitrogens is 3. The molecule has 1 aliphatic rings. The van der Waals surface area contributed by atoms with Crippen LogP contribution in [0.2, 0.25) is 0 Å². The van der Waals surface area contributed by atoms with Gasteiger partial charge in [0.2, 0.25) is 11.9 Å². The van der Waals surface area contributed by atoms with Crippen LogP contribution >= 0.6 is 0 Å². The Bertz CT molecular complexity index is 434. The van der Waals surface area contributed by atoms with Crippen molar-refractivity contribution in [1.29, 1.82) is 0 Å². The monoisotopic (exact) mass is 284 g/mol. The van der Waals surface area contributed by atoms with Crippen molar-refractivity contribution in [2.24, 2.45) is 5.84 Å². The Kier molecular flexibility index (Phi) is 4.88. The van der Waals surface area contributed by atoms with Gasteiger partial charge in [-0.05, 0) is 6.92 Å². The van der Waals surface area contributed by atoms with Gasteiger partial charge in [0.15, 0.2) is 0 Å². The average Bonchev–Trinajstić information content (AvgIpc) is 2.90. The number of hydrogen-bond donors (Lipinski definition) is 2. The Labute approximate surface area is 117 Å². The van der Waals surface area contributed by atoms with E-state index < -0.39 is 0 Å². The fraction of sp³-hybridized carbons (Fsp3) is 0.727. The Balaban J connectivity index is 2.21. The highest BCUT2D eigenvalue weighted by Gasteiger charge is 2.34. The molecule has 2 rings (SSSR count). The first-order valence-electron chi connectivity index (χ1n) is 6.37. The van der Waals surface area contributed by atoms with Crippen molar-refractivity contribution in [3.63, 3.8) is 0 Å². The summed E-state index contributed by atoms with van der Waals surface area (Å²) in [7, 11) is 3.32. The van der Waals surface area contributed by atoms with Crippen LogP contribution < -0.4 is 20.9 Å². The Morgan fingerprint density at radius 3 is 2.35 bits per heavy atom. The van der Waals surface area contributed by atoms with Gasteiger partial charge in [0.1, 0.15) is 12.2 Å². The molecule has 1 aromatic rings. The standard InChI is InChI=1S/C11H20N6O3/c1-4-20-11-14-9(16-12)13-10(15-11)17-5-7(18-2)8(6-17)19-3/h7-8H,4-6,12H2,1-3H3,(H,13,14,15,16). The van der Waals surface area contributed by atoms with E-state index in [0.29, 0.717) is 25.6 Å². The van der Waals surface area contributed by atoms with Gasteiger partial charge in [-0.25, -0.2) is 5.84 Å². The van der Waals surface area contributed by atoms with E-state index in [-0.39, 0.29) is 24.2 Å². The van der Waals surface area contributed by atoms with Crippen LogP contribution in [-0.2, 0) is 9.47 Å². The molecule has 1 saturated heterocycles. The van der Waals surface area contributed by atoms with Crippen molar-refractivity contribution in [3.05, 3.63) is 0 Å². The van der Waals surface area contributed by atoms with E-state index in [1.165, 1.54) is 0 Å². The lowest BCUT2D eigenvalue weighted by Gasteiger charge is -2.16. The lowest BCUT2D eigenvalue weighted by Crippen LogP contribution is -2.27. The van der Waals surface area contributed by atoms with Gasteiger partial charge >= 0.3 is 6.01 Å². The molecular formula is C11H20N6O3. The molecule has 0 amide bonds. The van der Waals surface area contributed by atoms with Crippen LogP contribution in [0.25, 0.3) is 0 Å². The lowest BCUT2D eigenvalue weighted by atomic mass is 10.3. The van der Waals surface area contributed by atoms with Crippen molar-refractivity contribution in [2.75, 3.05) is 44.2 Å². The molecule has 0 aromatic carbocycles. The summed E-state index contributed by atoms with van der Waals surface area (Å²) in [5.74, 6) is 6.11. The van der Waals surface area contributed by atoms with Crippen molar-refractivity contribution in [1.82, 2.24) is 15.0 Å². The molecule has 2 unspecified atom stereocenters. The first kappa shape index (κ1) is 14.7. The quantitative estimate of drug-likeness (QED) is 0.523. The minimum Gasteiger partial charge on any atom is -0.464 e. The Hall–Kier alpha value is -1.71. The van der Waals surface area contributed by atoms with E-state index in [0.717, 1.165) is 0 Å². The molecule has 2 atom stereocenters. The SMILES string of the molecule is CCOc1nc(NN)nc(N2CC(OC)C(OC)C2)n1. The van der Waals surface area contributed by atoms with E-state index in [4.69, 9.17) is 20.1 Å². The normalized spacial score (nSPS) is 22.1. The zero-order valence-corrected chi connectivity index (χ0v) is 11.9. The number of methoxy groups -OCH3 is 2. The number of hydrazine groups is 1. The predicted octanol–water partition coefficient (Wildman–Crippen LogP) is -0.594. The van der Waals surface area contributed by atoms with Crippen LogP contribution in [0.3, 0.4) is 0 Å². The smallest absolute Gasteiger partial charge is 0.323 e. The fourth-order valence-electron chi connectivity index (χ4n) is 2.11. The van der Waals surface area contributed by atoms with Crippen LogP contribution in [0.5, 0.6) is 6.01 Å². The molecule has 0 bridgehead atoms. The third-order valence-electron chi connectivity index (χ3n) is 3.11. The van der Waals surface area contributed by atoms with Gasteiger partial charge in [-0.15, -0.1) is 0 Å². The zero-order valence-electron chi connectivity index (χ0n) is 11.9. The van der Waals surface area contributed by atoms with E-state index >= 15 is 0 Å². The molecule has 0 radical (unpaired) electrons. The van der Waals surface area contributed by atoms with Gasteiger partial charge < -0.3 is 19.1 Å². The van der Waals surface area contributed by atoms with Crippen LogP contribution in [0, 0.1) is 0 Å². The lowest BCUT2D eigenvalue weighted by molar-refractivity contribution is -0.00461. The summed E-state index contributed by atoms with van der Waals surface area (Å²) in [4.78, 5) is 14.5. The summed E-state index contributed by atoms with van der Waals surface area (Å²) >= 11 is 0. The number of anilines is 2. The second-order valence-corrected chi connectivity index (χ2v) is 4.27. The molecule has 0 aliphatic carbocycles. The van der Waals surface area contributed by atoms with Crippen LogP contribution in [0.1, 0.15) is 6.92 Å². The van der Waals surface area contributed by atoms with Crippen LogP contribution in [0.15, 0.2) is 0 Å². The van der Waals surface area contributed by atoms with Gasteiger partial charge in [-0.3, -0.25) is 5.43 Å². The molecule has 2 heterocycles. The summed E-state index contributed by atoms with van der Waals surface area (Å²) in [6.07, 6.45) is -0.0526. The van der Waals surface area contributed by atoms with Crippen molar-refractivity contribution in [3.8, 4) is 6.01 Å². The molecule has 1 aliphatic heterocycles. The minimum absolute atomic E-state index is 0.0263. The molecule has 0 saturated carbocycles. The first-order chi connectivity index (χ1) is 9.71. The van der Waals surface area contributed by atoms with E-state index in [1.54, 1.807) is 14.2 Å². The minimum atomic E-state index is -0.0263. The molecule has 1 fully saturated rings. The number of nitrogens with zero attached hydrogens (tertiary/aromatic N) is 4. The number of ether oxygens (including phenoxy) is 3. The summed E-state index contributed by atoms with van der Waals surface area (Å²) in [6, 6.07) is 0.236. The molecule has 112 valence electrons. The molecule has 9 heteroatoms. The zero-order chi connectivity index (χ0) is 14.5. The number of rotatable bonds is 6. The van der Waals surface area contributed by atoms with Crippen LogP contribution in [0.4, 0.5) is 11.9 Å². The second kappa shape index (κ2) is 6.64. The highest BCUT2D eigenvalue weighted by atomic mass is 16.5. The maximum Gasteiger partial charge on any atom is 0.323 e. The highest BCUT2D eigenvalue weighted by Crippen LogP contribution is 2.22. The Morgan fingerprint density at radius 1 is 1.20 bits per heavy atom. The average molecular weight is 284 g/mol. The molecule has 20 heavy (non-hydrogen) atoms. The second-order valence-electron chi connectivity index (χ2n) is 4.27. The predicted molar refractivity (Wildman–Crippen MR) is 72.6 cm³/mol. The van der Waals surface area contributed by atoms with Gasteiger partial charge in [-0.2, -0.15) is 15.0 Å². The number of nitrogens with two attached hydrogens (primary N) is 1. The molecule has 1 aromatic heterocycles. The summed E-state index contributed by atoms with van der Waals surface area (Å²) in [5, 5.41) is 0. The Morgan fingerprint density at radius 2 is 1.85 bits per heavy atom. The largest absolute Gasteiger partial charge is 0.464 e. The number of hydrogen-bond acceptors (Lipinski definition) is 9.